The minimum atomic E-state index is -0.280. The lowest BCUT2D eigenvalue weighted by Crippen LogP contribution is -2.51. The van der Waals surface area contributed by atoms with Gasteiger partial charge in [0, 0.05) is 33.1 Å². The van der Waals surface area contributed by atoms with Gasteiger partial charge >= 0.3 is 0 Å². The second kappa shape index (κ2) is 8.58. The van der Waals surface area contributed by atoms with E-state index in [0.717, 1.165) is 5.69 Å². The summed E-state index contributed by atoms with van der Waals surface area (Å²) in [5, 5.41) is 11.0. The fourth-order valence-electron chi connectivity index (χ4n) is 2.76. The third-order valence-corrected chi connectivity index (χ3v) is 4.25. The van der Waals surface area contributed by atoms with Gasteiger partial charge in [0.05, 0.1) is 24.9 Å². The predicted octanol–water partition coefficient (Wildman–Crippen LogP) is -0.253. The van der Waals surface area contributed by atoms with E-state index < -0.39 is 0 Å². The molecule has 144 valence electrons. The van der Waals surface area contributed by atoms with Crippen LogP contribution in [-0.2, 0) is 14.3 Å². The van der Waals surface area contributed by atoms with Crippen molar-refractivity contribution in [3.8, 4) is 11.4 Å². The Kier molecular flexibility index (Phi) is 5.97. The number of carbonyl (C=O) groups is 2. The molecule has 27 heavy (non-hydrogen) atoms. The number of benzene rings is 1. The molecule has 0 unspecified atom stereocenters. The van der Waals surface area contributed by atoms with Gasteiger partial charge < -0.3 is 19.3 Å². The van der Waals surface area contributed by atoms with Gasteiger partial charge in [-0.2, -0.15) is 0 Å². The first-order chi connectivity index (χ1) is 13.0. The van der Waals surface area contributed by atoms with Crippen LogP contribution in [0.1, 0.15) is 6.42 Å². The van der Waals surface area contributed by atoms with Gasteiger partial charge in [-0.1, -0.05) is 6.07 Å². The molecule has 1 atom stereocenters. The Labute approximate surface area is 156 Å². The maximum atomic E-state index is 12.6. The molecule has 0 spiro atoms. The van der Waals surface area contributed by atoms with Gasteiger partial charge in [0.25, 0.3) is 5.91 Å². The van der Waals surface area contributed by atoms with Gasteiger partial charge in [-0.25, -0.2) is 4.68 Å². The number of carbonyl (C=O) groups excluding carboxylic acids is 2. The lowest BCUT2D eigenvalue weighted by molar-refractivity contribution is -0.144. The smallest absolute Gasteiger partial charge is 0.260 e. The number of nitrogens with zero attached hydrogens (tertiary/aromatic N) is 6. The summed E-state index contributed by atoms with van der Waals surface area (Å²) >= 11 is 0. The van der Waals surface area contributed by atoms with Crippen LogP contribution in [0.4, 0.5) is 0 Å². The van der Waals surface area contributed by atoms with Crippen molar-refractivity contribution in [2.75, 3.05) is 40.5 Å². The quantitative estimate of drug-likeness (QED) is 0.687. The van der Waals surface area contributed by atoms with Crippen molar-refractivity contribution in [2.45, 2.75) is 12.5 Å². The minimum Gasteiger partial charge on any atom is -0.484 e. The molecule has 1 aromatic heterocycles. The lowest BCUT2D eigenvalue weighted by Gasteiger charge is -2.35. The Morgan fingerprint density at radius 2 is 2.22 bits per heavy atom. The van der Waals surface area contributed by atoms with E-state index in [9.17, 15) is 9.59 Å². The molecule has 1 aromatic carbocycles. The maximum absolute atomic E-state index is 12.6. The van der Waals surface area contributed by atoms with Crippen molar-refractivity contribution in [1.82, 2.24) is 30.0 Å². The molecule has 0 saturated carbocycles. The third kappa shape index (κ3) is 4.79. The van der Waals surface area contributed by atoms with E-state index in [4.69, 9.17) is 9.47 Å². The first kappa shape index (κ1) is 18.8. The molecular weight excluding hydrogens is 352 g/mol. The number of tetrazole rings is 1. The normalized spacial score (nSPS) is 16.8. The summed E-state index contributed by atoms with van der Waals surface area (Å²) in [6.45, 7) is 1.12. The Morgan fingerprint density at radius 3 is 2.96 bits per heavy atom. The highest BCUT2D eigenvalue weighted by Crippen LogP contribution is 2.17. The number of hydrogen-bond donors (Lipinski definition) is 0. The Bertz CT molecular complexity index is 779. The van der Waals surface area contributed by atoms with E-state index in [0.29, 0.717) is 25.5 Å². The van der Waals surface area contributed by atoms with Crippen LogP contribution in [0.5, 0.6) is 5.75 Å². The maximum Gasteiger partial charge on any atom is 0.260 e. The summed E-state index contributed by atoms with van der Waals surface area (Å²) in [6, 6.07) is 6.85. The van der Waals surface area contributed by atoms with Crippen molar-refractivity contribution in [3.05, 3.63) is 30.6 Å². The highest BCUT2D eigenvalue weighted by atomic mass is 16.5. The van der Waals surface area contributed by atoms with Crippen LogP contribution in [0.2, 0.25) is 0 Å². The molecule has 1 aliphatic heterocycles. The molecule has 1 fully saturated rings. The van der Waals surface area contributed by atoms with Crippen molar-refractivity contribution < 1.29 is 19.1 Å². The Morgan fingerprint density at radius 1 is 1.37 bits per heavy atom. The number of amides is 2. The summed E-state index contributed by atoms with van der Waals surface area (Å²) in [5.41, 5.74) is 0.728. The minimum absolute atomic E-state index is 0.0432. The zero-order valence-electron chi connectivity index (χ0n) is 15.3. The van der Waals surface area contributed by atoms with E-state index in [-0.39, 0.29) is 30.9 Å². The van der Waals surface area contributed by atoms with E-state index in [1.807, 2.05) is 6.07 Å². The fourth-order valence-corrected chi connectivity index (χ4v) is 2.76. The molecule has 2 amide bonds. The van der Waals surface area contributed by atoms with Gasteiger partial charge in [-0.15, -0.1) is 5.10 Å². The molecule has 10 nitrogen and oxygen atoms in total. The zero-order valence-corrected chi connectivity index (χ0v) is 15.3. The standard InChI is InChI=1S/C17H22N6O4/c1-21(2)16(24)9-14-10-26-7-6-22(14)17(25)11-27-15-5-3-4-13(8-15)23-12-18-19-20-23/h3-5,8,12,14H,6-7,9-11H2,1-2H3/t14-/m0/s1. The van der Waals surface area contributed by atoms with Crippen molar-refractivity contribution >= 4 is 11.8 Å². The largest absolute Gasteiger partial charge is 0.484 e. The molecule has 1 saturated heterocycles. The number of ether oxygens (including phenoxy) is 2. The van der Waals surface area contributed by atoms with E-state index in [1.54, 1.807) is 37.2 Å². The average Bonchev–Trinajstić information content (AvgIpc) is 3.21. The van der Waals surface area contributed by atoms with E-state index in [2.05, 4.69) is 15.5 Å². The fraction of sp³-hybridized carbons (Fsp3) is 0.471. The van der Waals surface area contributed by atoms with Gasteiger partial charge in [-0.05, 0) is 22.6 Å². The highest BCUT2D eigenvalue weighted by molar-refractivity contribution is 5.80. The van der Waals surface area contributed by atoms with Crippen molar-refractivity contribution in [3.63, 3.8) is 0 Å². The first-order valence-corrected chi connectivity index (χ1v) is 8.58. The second-order valence-electron chi connectivity index (χ2n) is 6.35. The van der Waals surface area contributed by atoms with Crippen LogP contribution in [0.3, 0.4) is 0 Å². The van der Waals surface area contributed by atoms with Crippen LogP contribution in [0, 0.1) is 0 Å². The van der Waals surface area contributed by atoms with Gasteiger partial charge in [0.15, 0.2) is 6.61 Å². The van der Waals surface area contributed by atoms with E-state index >= 15 is 0 Å². The number of morpholine rings is 1. The summed E-state index contributed by atoms with van der Waals surface area (Å²) in [6.07, 6.45) is 1.71. The molecule has 2 heterocycles. The molecule has 0 N–H and O–H groups in total. The van der Waals surface area contributed by atoms with E-state index in [1.165, 1.54) is 15.9 Å². The second-order valence-corrected chi connectivity index (χ2v) is 6.35. The monoisotopic (exact) mass is 374 g/mol. The third-order valence-electron chi connectivity index (χ3n) is 4.25. The van der Waals surface area contributed by atoms with Crippen LogP contribution in [-0.4, -0.2) is 88.3 Å². The Hall–Kier alpha value is -3.01. The summed E-state index contributed by atoms with van der Waals surface area (Å²) in [7, 11) is 3.39. The van der Waals surface area contributed by atoms with Crippen LogP contribution in [0.25, 0.3) is 5.69 Å². The van der Waals surface area contributed by atoms with Crippen molar-refractivity contribution in [1.29, 1.82) is 0 Å². The van der Waals surface area contributed by atoms with Crippen molar-refractivity contribution in [2.24, 2.45) is 0 Å². The molecule has 2 aromatic rings. The summed E-state index contributed by atoms with van der Waals surface area (Å²) in [4.78, 5) is 27.8. The van der Waals surface area contributed by atoms with Crippen LogP contribution in [0.15, 0.2) is 30.6 Å². The molecular formula is C17H22N6O4. The molecule has 0 radical (unpaired) electrons. The van der Waals surface area contributed by atoms with Crippen LogP contribution >= 0.6 is 0 Å². The van der Waals surface area contributed by atoms with Gasteiger partial charge in [-0.3, -0.25) is 9.59 Å². The number of rotatable bonds is 6. The predicted molar refractivity (Wildman–Crippen MR) is 94.3 cm³/mol. The van der Waals surface area contributed by atoms with Gasteiger partial charge in [0.1, 0.15) is 12.1 Å². The first-order valence-electron chi connectivity index (χ1n) is 8.58. The highest BCUT2D eigenvalue weighted by Gasteiger charge is 2.29. The van der Waals surface area contributed by atoms with Gasteiger partial charge in [0.2, 0.25) is 5.91 Å². The summed E-state index contributed by atoms with van der Waals surface area (Å²) < 4.78 is 12.6. The average molecular weight is 374 g/mol. The van der Waals surface area contributed by atoms with Crippen LogP contribution < -0.4 is 4.74 Å². The molecule has 10 heteroatoms. The number of aromatic nitrogens is 4. The lowest BCUT2D eigenvalue weighted by atomic mass is 10.1. The Balaban J connectivity index is 1.60. The topological polar surface area (TPSA) is 103 Å². The molecule has 3 rings (SSSR count). The summed E-state index contributed by atoms with van der Waals surface area (Å²) in [5.74, 6) is 0.312. The molecule has 0 bridgehead atoms. The zero-order chi connectivity index (χ0) is 19.2. The molecule has 1 aliphatic rings. The molecule has 0 aliphatic carbocycles. The SMILES string of the molecule is CN(C)C(=O)C[C@H]1COCCN1C(=O)COc1cccc(-n2cnnn2)c1. The number of hydrogen-bond acceptors (Lipinski definition) is 7.